The number of ether oxygens (including phenoxy) is 1. The second kappa shape index (κ2) is 8.46. The molecular weight excluding hydrogens is 371 g/mol. The first kappa shape index (κ1) is 19.9. The van der Waals surface area contributed by atoms with Gasteiger partial charge in [-0.15, -0.1) is 0 Å². The van der Waals surface area contributed by atoms with Crippen LogP contribution in [0.1, 0.15) is 28.8 Å². The van der Waals surface area contributed by atoms with Gasteiger partial charge < -0.3 is 9.64 Å². The highest BCUT2D eigenvalue weighted by atomic mass is 19.4. The molecule has 0 aliphatic carbocycles. The Kier molecular flexibility index (Phi) is 6.02. The maximum atomic E-state index is 12.7. The van der Waals surface area contributed by atoms with Crippen molar-refractivity contribution in [2.75, 3.05) is 19.7 Å². The minimum atomic E-state index is -4.46. The molecule has 2 aromatic carbocycles. The molecule has 0 unspecified atom stereocenters. The van der Waals surface area contributed by atoms with Crippen LogP contribution in [0, 0.1) is 5.92 Å². The highest BCUT2D eigenvalue weighted by molar-refractivity contribution is 5.98. The molecule has 0 spiro atoms. The summed E-state index contributed by atoms with van der Waals surface area (Å²) in [7, 11) is 0. The molecule has 0 atom stereocenters. The van der Waals surface area contributed by atoms with Gasteiger partial charge in [-0.1, -0.05) is 36.4 Å². The monoisotopic (exact) mass is 391 g/mol. The maximum Gasteiger partial charge on any atom is 0.416 e. The molecule has 2 aromatic rings. The van der Waals surface area contributed by atoms with E-state index in [2.05, 4.69) is 0 Å². The number of carbonyl (C=O) groups is 2. The van der Waals surface area contributed by atoms with Crippen LogP contribution in [0.15, 0.2) is 54.6 Å². The van der Waals surface area contributed by atoms with Crippen molar-refractivity contribution in [3.05, 3.63) is 65.7 Å². The molecule has 1 aliphatic heterocycles. The zero-order chi connectivity index (χ0) is 20.1. The van der Waals surface area contributed by atoms with E-state index >= 15 is 0 Å². The average Bonchev–Trinajstić information content (AvgIpc) is 2.72. The third kappa shape index (κ3) is 4.91. The zero-order valence-corrected chi connectivity index (χ0v) is 15.1. The summed E-state index contributed by atoms with van der Waals surface area (Å²) >= 11 is 0. The summed E-state index contributed by atoms with van der Waals surface area (Å²) in [4.78, 5) is 26.4. The van der Waals surface area contributed by atoms with Crippen LogP contribution in [0.5, 0.6) is 5.75 Å². The molecule has 0 aromatic heterocycles. The Hall–Kier alpha value is -2.83. The molecule has 7 heteroatoms. The topological polar surface area (TPSA) is 46.6 Å². The molecule has 0 radical (unpaired) electrons. The molecule has 1 fully saturated rings. The van der Waals surface area contributed by atoms with Crippen molar-refractivity contribution >= 4 is 11.7 Å². The summed E-state index contributed by atoms with van der Waals surface area (Å²) in [5, 5.41) is 0. The third-order valence-electron chi connectivity index (χ3n) is 4.80. The molecule has 1 heterocycles. The van der Waals surface area contributed by atoms with Gasteiger partial charge in [-0.3, -0.25) is 9.59 Å². The predicted molar refractivity (Wildman–Crippen MR) is 97.0 cm³/mol. The molecular formula is C21H20F3NO3. The third-order valence-corrected chi connectivity index (χ3v) is 4.80. The van der Waals surface area contributed by atoms with E-state index in [4.69, 9.17) is 4.74 Å². The normalized spacial score (nSPS) is 15.3. The van der Waals surface area contributed by atoms with Gasteiger partial charge in [0.2, 0.25) is 0 Å². The molecule has 1 saturated heterocycles. The summed E-state index contributed by atoms with van der Waals surface area (Å²) in [5.41, 5.74) is -0.155. The fraction of sp³-hybridized carbons (Fsp3) is 0.333. The van der Waals surface area contributed by atoms with Crippen LogP contribution in [0.2, 0.25) is 0 Å². The molecule has 0 saturated carbocycles. The smallest absolute Gasteiger partial charge is 0.416 e. The van der Waals surface area contributed by atoms with Crippen LogP contribution < -0.4 is 4.74 Å². The van der Waals surface area contributed by atoms with Crippen molar-refractivity contribution in [2.45, 2.75) is 19.0 Å². The van der Waals surface area contributed by atoms with Crippen LogP contribution in [0.3, 0.4) is 0 Å². The number of carbonyl (C=O) groups excluding carboxylic acids is 2. The van der Waals surface area contributed by atoms with Gasteiger partial charge in [-0.25, -0.2) is 0 Å². The summed E-state index contributed by atoms with van der Waals surface area (Å²) in [6.07, 6.45) is -3.34. The number of halogens is 3. The van der Waals surface area contributed by atoms with Crippen molar-refractivity contribution in [2.24, 2.45) is 5.92 Å². The highest BCUT2D eigenvalue weighted by Crippen LogP contribution is 2.31. The second-order valence-corrected chi connectivity index (χ2v) is 6.70. The van der Waals surface area contributed by atoms with Crippen LogP contribution in [0.25, 0.3) is 0 Å². The maximum absolute atomic E-state index is 12.7. The second-order valence-electron chi connectivity index (χ2n) is 6.70. The van der Waals surface area contributed by atoms with Crippen molar-refractivity contribution < 1.29 is 27.5 Å². The van der Waals surface area contributed by atoms with E-state index in [9.17, 15) is 22.8 Å². The number of piperidine rings is 1. The predicted octanol–water partition coefficient (Wildman–Crippen LogP) is 4.21. The van der Waals surface area contributed by atoms with Gasteiger partial charge in [0.25, 0.3) is 5.91 Å². The van der Waals surface area contributed by atoms with Crippen LogP contribution in [-0.2, 0) is 11.0 Å². The first-order valence-corrected chi connectivity index (χ1v) is 9.01. The van der Waals surface area contributed by atoms with E-state index < -0.39 is 11.7 Å². The Morgan fingerprint density at radius 2 is 1.68 bits per heavy atom. The van der Waals surface area contributed by atoms with Gasteiger partial charge in [0.1, 0.15) is 5.75 Å². The van der Waals surface area contributed by atoms with Crippen LogP contribution >= 0.6 is 0 Å². The fourth-order valence-corrected chi connectivity index (χ4v) is 3.23. The SMILES string of the molecule is O=C(c1ccccc1)C1CCN(C(=O)COc2cccc(C(F)(F)F)c2)CC1. The quantitative estimate of drug-likeness (QED) is 0.718. The van der Waals surface area contributed by atoms with Crippen molar-refractivity contribution in [1.29, 1.82) is 0 Å². The Morgan fingerprint density at radius 3 is 2.32 bits per heavy atom. The van der Waals surface area contributed by atoms with Gasteiger partial charge in [0.15, 0.2) is 12.4 Å². The minimum Gasteiger partial charge on any atom is -0.484 e. The number of rotatable bonds is 5. The molecule has 3 rings (SSSR count). The number of likely N-dealkylation sites (tertiary alicyclic amines) is 1. The molecule has 0 N–H and O–H groups in total. The van der Waals surface area contributed by atoms with Crippen LogP contribution in [0.4, 0.5) is 13.2 Å². The van der Waals surface area contributed by atoms with Gasteiger partial charge in [0, 0.05) is 24.6 Å². The van der Waals surface area contributed by atoms with Crippen LogP contribution in [-0.4, -0.2) is 36.3 Å². The molecule has 1 amide bonds. The Bertz CT molecular complexity index is 828. The first-order valence-electron chi connectivity index (χ1n) is 9.01. The Balaban J connectivity index is 1.50. The van der Waals surface area contributed by atoms with Crippen molar-refractivity contribution in [1.82, 2.24) is 4.90 Å². The van der Waals surface area contributed by atoms with Gasteiger partial charge in [-0.05, 0) is 31.0 Å². The number of amides is 1. The number of Topliss-reactive ketones (excluding diaryl/α,β-unsaturated/α-hetero) is 1. The number of hydrogen-bond acceptors (Lipinski definition) is 3. The Morgan fingerprint density at radius 1 is 1.00 bits per heavy atom. The largest absolute Gasteiger partial charge is 0.484 e. The summed E-state index contributed by atoms with van der Waals surface area (Å²) < 4.78 is 43.4. The molecule has 4 nitrogen and oxygen atoms in total. The van der Waals surface area contributed by atoms with Crippen molar-refractivity contribution in [3.63, 3.8) is 0 Å². The average molecular weight is 391 g/mol. The lowest BCUT2D eigenvalue weighted by Crippen LogP contribution is -2.42. The zero-order valence-electron chi connectivity index (χ0n) is 15.1. The highest BCUT2D eigenvalue weighted by Gasteiger charge is 2.31. The Labute approximate surface area is 160 Å². The van der Waals surface area contributed by atoms with E-state index in [1.807, 2.05) is 18.2 Å². The van der Waals surface area contributed by atoms with E-state index in [1.165, 1.54) is 12.1 Å². The number of ketones is 1. The fourth-order valence-electron chi connectivity index (χ4n) is 3.23. The summed E-state index contributed by atoms with van der Waals surface area (Å²) in [6.45, 7) is 0.515. The lowest BCUT2D eigenvalue weighted by Gasteiger charge is -2.31. The van der Waals surface area contributed by atoms with E-state index in [1.54, 1.807) is 17.0 Å². The number of alkyl halides is 3. The number of hydrogen-bond donors (Lipinski definition) is 0. The van der Waals surface area contributed by atoms with E-state index in [-0.39, 0.29) is 30.0 Å². The minimum absolute atomic E-state index is 0.00248. The van der Waals surface area contributed by atoms with Gasteiger partial charge in [-0.2, -0.15) is 13.2 Å². The van der Waals surface area contributed by atoms with Gasteiger partial charge in [0.05, 0.1) is 5.56 Å². The number of nitrogens with zero attached hydrogens (tertiary/aromatic N) is 1. The first-order chi connectivity index (χ1) is 13.3. The lowest BCUT2D eigenvalue weighted by molar-refractivity contribution is -0.137. The molecule has 1 aliphatic rings. The lowest BCUT2D eigenvalue weighted by atomic mass is 9.89. The molecule has 0 bridgehead atoms. The number of benzene rings is 2. The van der Waals surface area contributed by atoms with E-state index in [0.29, 0.717) is 31.5 Å². The van der Waals surface area contributed by atoms with E-state index in [0.717, 1.165) is 12.1 Å². The summed E-state index contributed by atoms with van der Waals surface area (Å²) in [6, 6.07) is 13.5. The molecule has 28 heavy (non-hydrogen) atoms. The van der Waals surface area contributed by atoms with Gasteiger partial charge >= 0.3 is 6.18 Å². The van der Waals surface area contributed by atoms with Crippen molar-refractivity contribution in [3.8, 4) is 5.75 Å². The summed E-state index contributed by atoms with van der Waals surface area (Å²) in [5.74, 6) is -0.357. The molecule has 148 valence electrons. The standard InChI is InChI=1S/C21H20F3NO3/c22-21(23,24)17-7-4-8-18(13-17)28-14-19(26)25-11-9-16(10-12-25)20(27)15-5-2-1-3-6-15/h1-8,13,16H,9-12,14H2.